The molecule has 1 aliphatic rings. The Kier molecular flexibility index (Phi) is 5.44. The van der Waals surface area contributed by atoms with Crippen molar-refractivity contribution < 1.29 is 4.79 Å². The summed E-state index contributed by atoms with van der Waals surface area (Å²) in [5, 5.41) is 3.08. The molecule has 0 aromatic heterocycles. The van der Waals surface area contributed by atoms with Crippen LogP contribution < -0.4 is 11.1 Å². The van der Waals surface area contributed by atoms with E-state index in [4.69, 9.17) is 5.73 Å². The molecular formula is C14H28N2O. The second-order valence-corrected chi connectivity index (χ2v) is 6.24. The first-order valence-corrected chi connectivity index (χ1v) is 6.93. The first kappa shape index (κ1) is 14.5. The Bertz CT molecular complexity index is 243. The molecule has 0 spiro atoms. The van der Waals surface area contributed by atoms with Crippen LogP contribution in [-0.4, -0.2) is 18.5 Å². The van der Waals surface area contributed by atoms with E-state index < -0.39 is 0 Å². The third-order valence-corrected chi connectivity index (χ3v) is 4.09. The first-order chi connectivity index (χ1) is 7.90. The van der Waals surface area contributed by atoms with Crippen molar-refractivity contribution >= 4 is 5.91 Å². The molecular weight excluding hydrogens is 212 g/mol. The van der Waals surface area contributed by atoms with Crippen molar-refractivity contribution in [3.63, 3.8) is 0 Å². The third-order valence-electron chi connectivity index (χ3n) is 4.09. The van der Waals surface area contributed by atoms with Gasteiger partial charge in [-0.2, -0.15) is 0 Å². The van der Waals surface area contributed by atoms with Gasteiger partial charge in [-0.15, -0.1) is 0 Å². The van der Waals surface area contributed by atoms with Crippen LogP contribution in [0.2, 0.25) is 0 Å². The fraction of sp³-hybridized carbons (Fsp3) is 0.929. The number of carbonyl (C=O) groups is 1. The van der Waals surface area contributed by atoms with Crippen molar-refractivity contribution in [3.05, 3.63) is 0 Å². The highest BCUT2D eigenvalue weighted by Gasteiger charge is 2.29. The molecule has 1 amide bonds. The van der Waals surface area contributed by atoms with Crippen molar-refractivity contribution in [1.29, 1.82) is 0 Å². The van der Waals surface area contributed by atoms with Crippen LogP contribution in [0.4, 0.5) is 0 Å². The minimum atomic E-state index is 0.133. The molecule has 0 aromatic carbocycles. The van der Waals surface area contributed by atoms with Gasteiger partial charge in [0.1, 0.15) is 0 Å². The number of hydrogen-bond acceptors (Lipinski definition) is 2. The van der Waals surface area contributed by atoms with E-state index in [1.807, 2.05) is 0 Å². The normalized spacial score (nSPS) is 31.3. The molecule has 4 unspecified atom stereocenters. The van der Waals surface area contributed by atoms with E-state index in [2.05, 4.69) is 33.0 Å². The van der Waals surface area contributed by atoms with Crippen LogP contribution in [0.25, 0.3) is 0 Å². The van der Waals surface area contributed by atoms with Gasteiger partial charge in [-0.05, 0) is 37.0 Å². The molecule has 1 fully saturated rings. The van der Waals surface area contributed by atoms with Crippen LogP contribution in [0.15, 0.2) is 0 Å². The molecule has 17 heavy (non-hydrogen) atoms. The van der Waals surface area contributed by atoms with E-state index in [9.17, 15) is 4.79 Å². The number of nitrogens with one attached hydrogen (secondary N) is 1. The Balaban J connectivity index is 2.37. The molecule has 0 radical (unpaired) electrons. The maximum absolute atomic E-state index is 12.0. The van der Waals surface area contributed by atoms with E-state index in [1.54, 1.807) is 0 Å². The molecule has 1 rings (SSSR count). The summed E-state index contributed by atoms with van der Waals surface area (Å²) in [6.45, 7) is 9.54. The third kappa shape index (κ3) is 4.66. The molecule has 0 aromatic rings. The lowest BCUT2D eigenvalue weighted by Gasteiger charge is -2.30. The summed E-state index contributed by atoms with van der Waals surface area (Å²) in [5.41, 5.74) is 5.98. The van der Waals surface area contributed by atoms with Gasteiger partial charge in [0, 0.05) is 18.5 Å². The summed E-state index contributed by atoms with van der Waals surface area (Å²) in [4.78, 5) is 12.0. The summed E-state index contributed by atoms with van der Waals surface area (Å²) in [6, 6.07) is 0.206. The topological polar surface area (TPSA) is 55.1 Å². The minimum absolute atomic E-state index is 0.133. The van der Waals surface area contributed by atoms with Gasteiger partial charge in [0.2, 0.25) is 5.91 Å². The number of carbonyl (C=O) groups excluding carboxylic acids is 1. The molecule has 0 aliphatic heterocycles. The lowest BCUT2D eigenvalue weighted by Crippen LogP contribution is -2.41. The van der Waals surface area contributed by atoms with Crippen LogP contribution in [0, 0.1) is 23.7 Å². The van der Waals surface area contributed by atoms with Gasteiger partial charge in [-0.3, -0.25) is 4.79 Å². The van der Waals surface area contributed by atoms with Crippen LogP contribution in [0.1, 0.15) is 47.0 Å². The molecule has 3 N–H and O–H groups in total. The van der Waals surface area contributed by atoms with Gasteiger partial charge in [-0.25, -0.2) is 0 Å². The zero-order valence-corrected chi connectivity index (χ0v) is 11.7. The molecule has 1 aliphatic carbocycles. The van der Waals surface area contributed by atoms with Crippen LogP contribution in [0.3, 0.4) is 0 Å². The molecule has 1 saturated carbocycles. The Morgan fingerprint density at radius 2 is 1.94 bits per heavy atom. The first-order valence-electron chi connectivity index (χ1n) is 6.93. The largest absolute Gasteiger partial charge is 0.356 e. The van der Waals surface area contributed by atoms with Crippen molar-refractivity contribution in [3.8, 4) is 0 Å². The van der Waals surface area contributed by atoms with Crippen molar-refractivity contribution in [2.24, 2.45) is 29.4 Å². The second-order valence-electron chi connectivity index (χ2n) is 6.24. The standard InChI is InChI=1S/C14H28N2O/c1-9(2)11(4)8-16-14(17)12-5-10(3)6-13(15)7-12/h9-13H,5-8,15H2,1-4H3,(H,16,17). The highest BCUT2D eigenvalue weighted by Crippen LogP contribution is 2.28. The maximum atomic E-state index is 12.0. The zero-order valence-electron chi connectivity index (χ0n) is 11.7. The molecule has 0 heterocycles. The van der Waals surface area contributed by atoms with E-state index >= 15 is 0 Å². The van der Waals surface area contributed by atoms with Gasteiger partial charge < -0.3 is 11.1 Å². The molecule has 0 saturated heterocycles. The Morgan fingerprint density at radius 1 is 1.29 bits per heavy atom. The zero-order chi connectivity index (χ0) is 13.0. The minimum Gasteiger partial charge on any atom is -0.356 e. The summed E-state index contributed by atoms with van der Waals surface area (Å²) in [5.74, 6) is 2.07. The summed E-state index contributed by atoms with van der Waals surface area (Å²) in [7, 11) is 0. The van der Waals surface area contributed by atoms with Crippen LogP contribution in [-0.2, 0) is 4.79 Å². The van der Waals surface area contributed by atoms with Crippen molar-refractivity contribution in [2.75, 3.05) is 6.54 Å². The molecule has 100 valence electrons. The summed E-state index contributed by atoms with van der Waals surface area (Å²) in [6.07, 6.45) is 2.91. The highest BCUT2D eigenvalue weighted by molar-refractivity contribution is 5.78. The van der Waals surface area contributed by atoms with E-state index in [-0.39, 0.29) is 17.9 Å². The van der Waals surface area contributed by atoms with Gasteiger partial charge in [-0.1, -0.05) is 27.7 Å². The molecule has 4 atom stereocenters. The Morgan fingerprint density at radius 3 is 2.47 bits per heavy atom. The number of rotatable bonds is 4. The van der Waals surface area contributed by atoms with E-state index in [0.717, 1.165) is 25.8 Å². The Labute approximate surface area is 106 Å². The molecule has 3 heteroatoms. The lowest BCUT2D eigenvalue weighted by molar-refractivity contribution is -0.126. The fourth-order valence-electron chi connectivity index (χ4n) is 2.51. The predicted molar refractivity (Wildman–Crippen MR) is 71.5 cm³/mol. The average Bonchev–Trinajstić information content (AvgIpc) is 2.23. The van der Waals surface area contributed by atoms with Gasteiger partial charge in [0.05, 0.1) is 0 Å². The highest BCUT2D eigenvalue weighted by atomic mass is 16.1. The molecule has 0 bridgehead atoms. The monoisotopic (exact) mass is 240 g/mol. The van der Waals surface area contributed by atoms with Gasteiger partial charge in [0.25, 0.3) is 0 Å². The van der Waals surface area contributed by atoms with E-state index in [1.165, 1.54) is 0 Å². The van der Waals surface area contributed by atoms with Crippen molar-refractivity contribution in [1.82, 2.24) is 5.32 Å². The fourth-order valence-corrected chi connectivity index (χ4v) is 2.51. The number of hydrogen-bond donors (Lipinski definition) is 2. The van der Waals surface area contributed by atoms with E-state index in [0.29, 0.717) is 17.8 Å². The van der Waals surface area contributed by atoms with Crippen molar-refractivity contribution in [2.45, 2.75) is 53.0 Å². The maximum Gasteiger partial charge on any atom is 0.223 e. The lowest BCUT2D eigenvalue weighted by atomic mass is 9.79. The van der Waals surface area contributed by atoms with Gasteiger partial charge in [0.15, 0.2) is 0 Å². The smallest absolute Gasteiger partial charge is 0.223 e. The predicted octanol–water partition coefficient (Wildman–Crippen LogP) is 2.16. The Hall–Kier alpha value is -0.570. The summed E-state index contributed by atoms with van der Waals surface area (Å²) >= 11 is 0. The average molecular weight is 240 g/mol. The van der Waals surface area contributed by atoms with Crippen LogP contribution in [0.5, 0.6) is 0 Å². The summed E-state index contributed by atoms with van der Waals surface area (Å²) < 4.78 is 0. The van der Waals surface area contributed by atoms with Crippen LogP contribution >= 0.6 is 0 Å². The van der Waals surface area contributed by atoms with Gasteiger partial charge >= 0.3 is 0 Å². The number of nitrogens with two attached hydrogens (primary N) is 1. The number of amides is 1. The SMILES string of the molecule is CC1CC(N)CC(C(=O)NCC(C)C(C)C)C1. The quantitative estimate of drug-likeness (QED) is 0.791. The second kappa shape index (κ2) is 6.39. The molecule has 3 nitrogen and oxygen atoms in total.